The minimum Gasteiger partial charge on any atom is -0.469 e. The number of halogens is 2. The minimum absolute atomic E-state index is 0.140. The lowest BCUT2D eigenvalue weighted by Crippen LogP contribution is -2.30. The Balaban J connectivity index is 2.65. The molecule has 0 aromatic heterocycles. The fourth-order valence-corrected chi connectivity index (χ4v) is 1.50. The highest BCUT2D eigenvalue weighted by Gasteiger charge is 2.21. The molecule has 1 rings (SSSR count). The Morgan fingerprint density at radius 2 is 1.94 bits per heavy atom. The lowest BCUT2D eigenvalue weighted by molar-refractivity contribution is -0.142. The van der Waals surface area contributed by atoms with E-state index in [1.54, 1.807) is 24.3 Å². The molecule has 3 nitrogen and oxygen atoms in total. The Kier molecular flexibility index (Phi) is 5.56. The summed E-state index contributed by atoms with van der Waals surface area (Å²) in [6, 6.07) is 8.94. The van der Waals surface area contributed by atoms with Crippen LogP contribution in [0, 0.1) is 0 Å². The molecule has 0 radical (unpaired) electrons. The van der Waals surface area contributed by atoms with Gasteiger partial charge in [0.1, 0.15) is 0 Å². The second-order valence-electron chi connectivity index (χ2n) is 3.54. The summed E-state index contributed by atoms with van der Waals surface area (Å²) in [5.74, 6) is -0.988. The molecule has 0 aliphatic carbocycles. The van der Waals surface area contributed by atoms with E-state index in [4.69, 9.17) is 0 Å². The van der Waals surface area contributed by atoms with Gasteiger partial charge < -0.3 is 10.1 Å². The molecule has 0 saturated heterocycles. The van der Waals surface area contributed by atoms with Crippen molar-refractivity contribution >= 4 is 5.97 Å². The van der Waals surface area contributed by atoms with Gasteiger partial charge in [-0.1, -0.05) is 30.3 Å². The molecule has 0 aliphatic heterocycles. The zero-order valence-corrected chi connectivity index (χ0v) is 9.53. The third-order valence-electron chi connectivity index (χ3n) is 2.33. The van der Waals surface area contributed by atoms with Crippen LogP contribution in [0.15, 0.2) is 30.3 Å². The molecule has 0 fully saturated rings. The van der Waals surface area contributed by atoms with E-state index in [1.807, 2.05) is 6.07 Å². The third kappa shape index (κ3) is 4.48. The van der Waals surface area contributed by atoms with Crippen LogP contribution in [-0.4, -0.2) is 32.6 Å². The number of benzene rings is 1. The van der Waals surface area contributed by atoms with Gasteiger partial charge in [0.25, 0.3) is 6.43 Å². The van der Waals surface area contributed by atoms with Crippen molar-refractivity contribution < 1.29 is 18.3 Å². The van der Waals surface area contributed by atoms with E-state index >= 15 is 0 Å². The third-order valence-corrected chi connectivity index (χ3v) is 2.33. The first-order valence-corrected chi connectivity index (χ1v) is 5.26. The van der Waals surface area contributed by atoms with E-state index in [9.17, 15) is 13.6 Å². The smallest absolute Gasteiger partial charge is 0.314 e. The summed E-state index contributed by atoms with van der Waals surface area (Å²) in [4.78, 5) is 11.5. The number of alkyl halides is 2. The zero-order chi connectivity index (χ0) is 12.7. The first-order chi connectivity index (χ1) is 8.15. The molecular formula is C12H15F2NO2. The van der Waals surface area contributed by atoms with Gasteiger partial charge in [0.2, 0.25) is 0 Å². The molecule has 0 saturated carbocycles. The van der Waals surface area contributed by atoms with E-state index in [0.29, 0.717) is 0 Å². The maximum Gasteiger partial charge on any atom is 0.314 e. The average Bonchev–Trinajstić information content (AvgIpc) is 2.34. The number of methoxy groups -OCH3 is 1. The minimum atomic E-state index is -2.43. The lowest BCUT2D eigenvalue weighted by atomic mass is 9.99. The molecule has 1 N–H and O–H groups in total. The predicted molar refractivity (Wildman–Crippen MR) is 60.1 cm³/mol. The van der Waals surface area contributed by atoms with E-state index < -0.39 is 24.9 Å². The van der Waals surface area contributed by atoms with E-state index in [-0.39, 0.29) is 6.54 Å². The molecule has 1 atom stereocenters. The molecule has 0 aliphatic rings. The second-order valence-corrected chi connectivity index (χ2v) is 3.54. The molecule has 1 aromatic carbocycles. The molecule has 0 amide bonds. The summed E-state index contributed by atoms with van der Waals surface area (Å²) in [5, 5.41) is 2.55. The molecular weight excluding hydrogens is 228 g/mol. The number of carbonyl (C=O) groups is 1. The highest BCUT2D eigenvalue weighted by Crippen LogP contribution is 2.16. The van der Waals surface area contributed by atoms with Crippen LogP contribution in [0.1, 0.15) is 11.5 Å². The van der Waals surface area contributed by atoms with Crippen LogP contribution < -0.4 is 5.32 Å². The van der Waals surface area contributed by atoms with Crippen molar-refractivity contribution in [2.24, 2.45) is 0 Å². The van der Waals surface area contributed by atoms with Gasteiger partial charge in [-0.05, 0) is 5.56 Å². The fraction of sp³-hybridized carbons (Fsp3) is 0.417. The maximum absolute atomic E-state index is 12.0. The topological polar surface area (TPSA) is 38.3 Å². The van der Waals surface area contributed by atoms with Crippen molar-refractivity contribution in [2.45, 2.75) is 12.3 Å². The molecule has 5 heteroatoms. The van der Waals surface area contributed by atoms with Gasteiger partial charge in [0.15, 0.2) is 0 Å². The van der Waals surface area contributed by atoms with Gasteiger partial charge in [-0.15, -0.1) is 0 Å². The van der Waals surface area contributed by atoms with Crippen molar-refractivity contribution in [2.75, 3.05) is 20.2 Å². The summed E-state index contributed by atoms with van der Waals surface area (Å²) in [5.41, 5.74) is 0.751. The van der Waals surface area contributed by atoms with Crippen molar-refractivity contribution in [1.29, 1.82) is 0 Å². The van der Waals surface area contributed by atoms with Gasteiger partial charge >= 0.3 is 5.97 Å². The fourth-order valence-electron chi connectivity index (χ4n) is 1.50. The van der Waals surface area contributed by atoms with Crippen LogP contribution in [0.2, 0.25) is 0 Å². The molecule has 0 heterocycles. The number of nitrogens with one attached hydrogen (secondary N) is 1. The number of hydrogen-bond donors (Lipinski definition) is 1. The normalized spacial score (nSPS) is 12.5. The summed E-state index contributed by atoms with van der Waals surface area (Å²) in [7, 11) is 1.28. The first-order valence-electron chi connectivity index (χ1n) is 5.26. The maximum atomic E-state index is 12.0. The monoisotopic (exact) mass is 243 g/mol. The van der Waals surface area contributed by atoms with E-state index in [2.05, 4.69) is 10.1 Å². The molecule has 0 spiro atoms. The predicted octanol–water partition coefficient (Wildman–Crippen LogP) is 1.80. The Morgan fingerprint density at radius 3 is 2.47 bits per heavy atom. The van der Waals surface area contributed by atoms with Crippen LogP contribution in [0.3, 0.4) is 0 Å². The number of hydrogen-bond acceptors (Lipinski definition) is 3. The Hall–Kier alpha value is -1.49. The van der Waals surface area contributed by atoms with Crippen LogP contribution in [-0.2, 0) is 9.53 Å². The van der Waals surface area contributed by atoms with Crippen LogP contribution in [0.5, 0.6) is 0 Å². The van der Waals surface area contributed by atoms with Crippen molar-refractivity contribution in [3.05, 3.63) is 35.9 Å². The molecule has 0 bridgehead atoms. The summed E-state index contributed by atoms with van der Waals surface area (Å²) in [6.45, 7) is -0.290. The summed E-state index contributed by atoms with van der Waals surface area (Å²) < 4.78 is 28.6. The number of esters is 1. The lowest BCUT2D eigenvalue weighted by Gasteiger charge is -2.15. The number of ether oxygens (including phenoxy) is 1. The summed E-state index contributed by atoms with van der Waals surface area (Å²) in [6.07, 6.45) is -2.43. The quantitative estimate of drug-likeness (QED) is 0.774. The van der Waals surface area contributed by atoms with Crippen LogP contribution in [0.4, 0.5) is 8.78 Å². The van der Waals surface area contributed by atoms with Crippen molar-refractivity contribution in [1.82, 2.24) is 5.32 Å². The highest BCUT2D eigenvalue weighted by molar-refractivity contribution is 5.78. The van der Waals surface area contributed by atoms with Crippen molar-refractivity contribution in [3.63, 3.8) is 0 Å². The SMILES string of the molecule is COC(=O)C(CNCC(F)F)c1ccccc1. The van der Waals surface area contributed by atoms with Crippen LogP contribution >= 0.6 is 0 Å². The first kappa shape index (κ1) is 13.6. The Labute approximate surface area is 98.8 Å². The molecule has 94 valence electrons. The van der Waals surface area contributed by atoms with Gasteiger partial charge in [-0.3, -0.25) is 4.79 Å². The van der Waals surface area contributed by atoms with Gasteiger partial charge in [0.05, 0.1) is 19.6 Å². The van der Waals surface area contributed by atoms with Crippen LogP contribution in [0.25, 0.3) is 0 Å². The van der Waals surface area contributed by atoms with Gasteiger partial charge in [-0.2, -0.15) is 0 Å². The zero-order valence-electron chi connectivity index (χ0n) is 9.53. The Bertz CT molecular complexity index is 344. The van der Waals surface area contributed by atoms with Crippen molar-refractivity contribution in [3.8, 4) is 0 Å². The average molecular weight is 243 g/mol. The molecule has 1 unspecified atom stereocenters. The highest BCUT2D eigenvalue weighted by atomic mass is 19.3. The second kappa shape index (κ2) is 6.96. The van der Waals surface area contributed by atoms with E-state index in [1.165, 1.54) is 7.11 Å². The standard InChI is InChI=1S/C12H15F2NO2/c1-17-12(16)10(7-15-8-11(13)14)9-5-3-2-4-6-9/h2-6,10-11,15H,7-8H2,1H3. The van der Waals surface area contributed by atoms with Gasteiger partial charge in [-0.25, -0.2) is 8.78 Å². The number of rotatable bonds is 6. The van der Waals surface area contributed by atoms with E-state index in [0.717, 1.165) is 5.56 Å². The summed E-state index contributed by atoms with van der Waals surface area (Å²) >= 11 is 0. The number of carbonyl (C=O) groups excluding carboxylic acids is 1. The Morgan fingerprint density at radius 1 is 1.29 bits per heavy atom. The van der Waals surface area contributed by atoms with Gasteiger partial charge in [0, 0.05) is 6.54 Å². The largest absolute Gasteiger partial charge is 0.469 e. The molecule has 17 heavy (non-hydrogen) atoms. The molecule has 1 aromatic rings.